The van der Waals surface area contributed by atoms with Crippen molar-refractivity contribution < 1.29 is 13.2 Å². The second kappa shape index (κ2) is 8.07. The maximum atomic E-state index is 12.2. The van der Waals surface area contributed by atoms with Gasteiger partial charge in [0.1, 0.15) is 0 Å². The van der Waals surface area contributed by atoms with Crippen LogP contribution in [0.3, 0.4) is 0 Å². The van der Waals surface area contributed by atoms with Gasteiger partial charge in [0.15, 0.2) is 0 Å². The summed E-state index contributed by atoms with van der Waals surface area (Å²) in [5.41, 5.74) is 1.43. The van der Waals surface area contributed by atoms with Crippen LogP contribution in [0.15, 0.2) is 29.2 Å². The van der Waals surface area contributed by atoms with Crippen LogP contribution >= 0.6 is 11.3 Å². The highest BCUT2D eigenvalue weighted by Gasteiger charge is 2.16. The van der Waals surface area contributed by atoms with Gasteiger partial charge in [-0.2, -0.15) is 0 Å². The molecule has 0 aliphatic carbocycles. The molecular formula is C17H23N3O3S2. The topological polar surface area (TPSA) is 88.2 Å². The standard InChI is InChI=1S/C17H23N3O3S2/c1-11(2)20-25(22,23)15-7-5-14(6-8-15)17(21)18-10-9-16-12(3)19-13(4)24-16/h5-8,11,20H,9-10H2,1-4H3,(H,18,21). The normalized spacial score (nSPS) is 11.7. The average molecular weight is 382 g/mol. The lowest BCUT2D eigenvalue weighted by Crippen LogP contribution is -2.30. The van der Waals surface area contributed by atoms with Crippen LogP contribution < -0.4 is 10.0 Å². The van der Waals surface area contributed by atoms with Crippen molar-refractivity contribution in [2.24, 2.45) is 0 Å². The fourth-order valence-electron chi connectivity index (χ4n) is 2.36. The van der Waals surface area contributed by atoms with Crippen molar-refractivity contribution >= 4 is 27.3 Å². The highest BCUT2D eigenvalue weighted by Crippen LogP contribution is 2.17. The molecule has 8 heteroatoms. The smallest absolute Gasteiger partial charge is 0.251 e. The molecule has 2 rings (SSSR count). The molecule has 0 aliphatic rings. The quantitative estimate of drug-likeness (QED) is 0.771. The lowest BCUT2D eigenvalue weighted by molar-refractivity contribution is 0.0954. The van der Waals surface area contributed by atoms with Gasteiger partial charge < -0.3 is 5.32 Å². The molecule has 2 N–H and O–H groups in total. The Morgan fingerprint density at radius 3 is 2.36 bits per heavy atom. The van der Waals surface area contributed by atoms with Gasteiger partial charge in [-0.25, -0.2) is 18.1 Å². The Labute approximate surface area is 152 Å². The van der Waals surface area contributed by atoms with E-state index in [-0.39, 0.29) is 16.8 Å². The van der Waals surface area contributed by atoms with Crippen molar-refractivity contribution in [1.29, 1.82) is 0 Å². The summed E-state index contributed by atoms with van der Waals surface area (Å²) in [4.78, 5) is 17.9. The van der Waals surface area contributed by atoms with Crippen molar-refractivity contribution in [3.05, 3.63) is 45.4 Å². The molecule has 0 unspecified atom stereocenters. The minimum atomic E-state index is -3.54. The zero-order valence-electron chi connectivity index (χ0n) is 14.8. The van der Waals surface area contributed by atoms with Gasteiger partial charge in [0.25, 0.3) is 5.91 Å². The third-order valence-electron chi connectivity index (χ3n) is 3.45. The molecule has 0 spiro atoms. The summed E-state index contributed by atoms with van der Waals surface area (Å²) >= 11 is 1.64. The summed E-state index contributed by atoms with van der Waals surface area (Å²) < 4.78 is 26.7. The molecule has 0 saturated heterocycles. The molecule has 0 fully saturated rings. The Morgan fingerprint density at radius 2 is 1.84 bits per heavy atom. The molecule has 2 aromatic rings. The van der Waals surface area contributed by atoms with Gasteiger partial charge in [-0.05, 0) is 52.0 Å². The predicted molar refractivity (Wildman–Crippen MR) is 99.5 cm³/mol. The van der Waals surface area contributed by atoms with Crippen molar-refractivity contribution in [1.82, 2.24) is 15.0 Å². The summed E-state index contributed by atoms with van der Waals surface area (Å²) in [6, 6.07) is 5.73. The number of nitrogens with one attached hydrogen (secondary N) is 2. The van der Waals surface area contributed by atoms with E-state index in [1.165, 1.54) is 29.1 Å². The van der Waals surface area contributed by atoms with Crippen LogP contribution in [0.4, 0.5) is 0 Å². The van der Waals surface area contributed by atoms with Gasteiger partial charge in [0.05, 0.1) is 15.6 Å². The maximum absolute atomic E-state index is 12.2. The van der Waals surface area contributed by atoms with Gasteiger partial charge in [-0.3, -0.25) is 4.79 Å². The van der Waals surface area contributed by atoms with E-state index in [9.17, 15) is 13.2 Å². The van der Waals surface area contributed by atoms with Crippen LogP contribution in [0.5, 0.6) is 0 Å². The predicted octanol–water partition coefficient (Wildman–Crippen LogP) is 2.42. The van der Waals surface area contributed by atoms with E-state index in [0.29, 0.717) is 12.1 Å². The molecule has 25 heavy (non-hydrogen) atoms. The first-order valence-electron chi connectivity index (χ1n) is 8.02. The first kappa shape index (κ1) is 19.6. The van der Waals surface area contributed by atoms with Crippen LogP contribution in [-0.4, -0.2) is 31.9 Å². The van der Waals surface area contributed by atoms with Crippen LogP contribution in [0.1, 0.15) is 39.8 Å². The lowest BCUT2D eigenvalue weighted by atomic mass is 10.2. The number of amides is 1. The summed E-state index contributed by atoms with van der Waals surface area (Å²) in [5, 5.41) is 3.87. The van der Waals surface area contributed by atoms with Crippen molar-refractivity contribution in [2.45, 2.75) is 45.1 Å². The third kappa shape index (κ3) is 5.35. The molecule has 1 amide bonds. The van der Waals surface area contributed by atoms with Gasteiger partial charge in [-0.1, -0.05) is 0 Å². The second-order valence-corrected chi connectivity index (χ2v) is 9.05. The number of rotatable bonds is 7. The molecule has 0 saturated carbocycles. The Morgan fingerprint density at radius 1 is 1.20 bits per heavy atom. The summed E-state index contributed by atoms with van der Waals surface area (Å²) in [6.07, 6.45) is 0.730. The van der Waals surface area contributed by atoms with Crippen LogP contribution in [-0.2, 0) is 16.4 Å². The fourth-order valence-corrected chi connectivity index (χ4v) is 4.55. The van der Waals surface area contributed by atoms with E-state index < -0.39 is 10.0 Å². The van der Waals surface area contributed by atoms with E-state index in [4.69, 9.17) is 0 Å². The number of thiazole rings is 1. The molecule has 0 bridgehead atoms. The zero-order valence-corrected chi connectivity index (χ0v) is 16.4. The Bertz CT molecular complexity index is 841. The number of sulfonamides is 1. The molecular weight excluding hydrogens is 358 g/mol. The number of hydrogen-bond acceptors (Lipinski definition) is 5. The molecule has 0 aliphatic heterocycles. The van der Waals surface area contributed by atoms with Gasteiger partial charge in [0.2, 0.25) is 10.0 Å². The zero-order chi connectivity index (χ0) is 18.6. The Hall–Kier alpha value is -1.77. The monoisotopic (exact) mass is 381 g/mol. The SMILES string of the molecule is Cc1nc(C)c(CCNC(=O)c2ccc(S(=O)(=O)NC(C)C)cc2)s1. The minimum Gasteiger partial charge on any atom is -0.352 e. The second-order valence-electron chi connectivity index (χ2n) is 6.05. The van der Waals surface area contributed by atoms with E-state index >= 15 is 0 Å². The molecule has 1 aromatic carbocycles. The Kier molecular flexibility index (Phi) is 6.31. The number of hydrogen-bond donors (Lipinski definition) is 2. The van der Waals surface area contributed by atoms with Gasteiger partial charge >= 0.3 is 0 Å². The van der Waals surface area contributed by atoms with Crippen molar-refractivity contribution in [3.63, 3.8) is 0 Å². The molecule has 1 aromatic heterocycles. The molecule has 136 valence electrons. The highest BCUT2D eigenvalue weighted by atomic mass is 32.2. The van der Waals surface area contributed by atoms with Crippen LogP contribution in [0.25, 0.3) is 0 Å². The van der Waals surface area contributed by atoms with E-state index in [1.54, 1.807) is 25.2 Å². The van der Waals surface area contributed by atoms with Gasteiger partial charge in [0, 0.05) is 29.4 Å². The number of nitrogens with zero attached hydrogens (tertiary/aromatic N) is 1. The minimum absolute atomic E-state index is 0.147. The van der Waals surface area contributed by atoms with Crippen LogP contribution in [0.2, 0.25) is 0 Å². The number of aryl methyl sites for hydroxylation is 2. The molecule has 0 atom stereocenters. The van der Waals surface area contributed by atoms with Crippen molar-refractivity contribution in [3.8, 4) is 0 Å². The lowest BCUT2D eigenvalue weighted by Gasteiger charge is -2.10. The number of carbonyl (C=O) groups excluding carboxylic acids is 1. The maximum Gasteiger partial charge on any atom is 0.251 e. The first-order valence-corrected chi connectivity index (χ1v) is 10.3. The summed E-state index contributed by atoms with van der Waals surface area (Å²) in [7, 11) is -3.54. The number of carbonyl (C=O) groups is 1. The molecule has 1 heterocycles. The first-order chi connectivity index (χ1) is 11.7. The number of aromatic nitrogens is 1. The van der Waals surface area contributed by atoms with E-state index in [1.807, 2.05) is 13.8 Å². The fraction of sp³-hybridized carbons (Fsp3) is 0.412. The van der Waals surface area contributed by atoms with E-state index in [0.717, 1.165) is 17.1 Å². The molecule has 6 nitrogen and oxygen atoms in total. The van der Waals surface area contributed by atoms with Crippen LogP contribution in [0, 0.1) is 13.8 Å². The third-order valence-corrected chi connectivity index (χ3v) is 6.26. The summed E-state index contributed by atoms with van der Waals surface area (Å²) in [6.45, 7) is 7.95. The summed E-state index contributed by atoms with van der Waals surface area (Å²) in [5.74, 6) is -0.223. The van der Waals surface area contributed by atoms with Gasteiger partial charge in [-0.15, -0.1) is 11.3 Å². The number of benzene rings is 1. The molecule has 0 radical (unpaired) electrons. The van der Waals surface area contributed by atoms with E-state index in [2.05, 4.69) is 15.0 Å². The largest absolute Gasteiger partial charge is 0.352 e. The Balaban J connectivity index is 1.95. The average Bonchev–Trinajstić information content (AvgIpc) is 2.84. The highest BCUT2D eigenvalue weighted by molar-refractivity contribution is 7.89. The van der Waals surface area contributed by atoms with Crippen molar-refractivity contribution in [2.75, 3.05) is 6.54 Å².